The van der Waals surface area contributed by atoms with Crippen LogP contribution in [0.15, 0.2) is 24.3 Å². The fourth-order valence-electron chi connectivity index (χ4n) is 2.46. The quantitative estimate of drug-likeness (QED) is 0.656. The van der Waals surface area contributed by atoms with Gasteiger partial charge in [-0.1, -0.05) is 23.7 Å². The normalized spacial score (nSPS) is 17.0. The number of nitrogens with zero attached hydrogens (tertiary/aromatic N) is 2. The first-order valence-corrected chi connectivity index (χ1v) is 7.92. The number of ether oxygens (including phenoxy) is 1. The third kappa shape index (κ3) is 5.42. The minimum absolute atomic E-state index is 0.0624. The summed E-state index contributed by atoms with van der Waals surface area (Å²) in [5, 5.41) is 9.42. The van der Waals surface area contributed by atoms with Gasteiger partial charge in [0.05, 0.1) is 18.6 Å². The Hall–Kier alpha value is -1.41. The van der Waals surface area contributed by atoms with Gasteiger partial charge in [-0.3, -0.25) is 0 Å². The summed E-state index contributed by atoms with van der Waals surface area (Å²) in [6.07, 6.45) is 2.36. The topological polar surface area (TPSA) is 53.3 Å². The average molecular weight is 321 g/mol. The third-order valence-electron chi connectivity index (χ3n) is 3.75. The zero-order valence-corrected chi connectivity index (χ0v) is 13.5. The van der Waals surface area contributed by atoms with Gasteiger partial charge in [-0.05, 0) is 43.5 Å². The highest BCUT2D eigenvalue weighted by atomic mass is 35.5. The van der Waals surface area contributed by atoms with Crippen LogP contribution in [0.25, 0.3) is 0 Å². The Labute approximate surface area is 136 Å². The van der Waals surface area contributed by atoms with Gasteiger partial charge < -0.3 is 14.4 Å². The Kier molecular flexibility index (Phi) is 6.38. The van der Waals surface area contributed by atoms with Gasteiger partial charge in [-0.15, -0.1) is 0 Å². The van der Waals surface area contributed by atoms with E-state index in [9.17, 15) is 4.79 Å². The first-order chi connectivity index (χ1) is 10.6. The highest BCUT2D eigenvalue weighted by Crippen LogP contribution is 2.30. The summed E-state index contributed by atoms with van der Waals surface area (Å²) in [7, 11) is 2.05. The molecule has 1 aromatic carbocycles. The Morgan fingerprint density at radius 3 is 2.91 bits per heavy atom. The third-order valence-corrected chi connectivity index (χ3v) is 3.98. The maximum Gasteiger partial charge on any atom is 0.149 e. The van der Waals surface area contributed by atoms with Crippen LogP contribution in [0, 0.1) is 17.2 Å². The molecule has 0 spiro atoms. The fourth-order valence-corrected chi connectivity index (χ4v) is 2.66. The lowest BCUT2D eigenvalue weighted by atomic mass is 10.1. The number of hydrogen-bond donors (Lipinski definition) is 0. The van der Waals surface area contributed by atoms with Crippen LogP contribution in [0.3, 0.4) is 0 Å². The first kappa shape index (κ1) is 17.0. The van der Waals surface area contributed by atoms with E-state index in [1.54, 1.807) is 0 Å². The Morgan fingerprint density at radius 1 is 1.55 bits per heavy atom. The van der Waals surface area contributed by atoms with Crippen LogP contribution in [0.4, 0.5) is 0 Å². The summed E-state index contributed by atoms with van der Waals surface area (Å²) in [6, 6.07) is 9.46. The molecule has 0 aromatic heterocycles. The van der Waals surface area contributed by atoms with E-state index in [1.165, 1.54) is 12.8 Å². The highest BCUT2D eigenvalue weighted by Gasteiger charge is 2.25. The molecule has 0 radical (unpaired) electrons. The summed E-state index contributed by atoms with van der Waals surface area (Å²) in [4.78, 5) is 13.3. The van der Waals surface area contributed by atoms with Crippen molar-refractivity contribution in [1.82, 2.24) is 4.90 Å². The molecule has 22 heavy (non-hydrogen) atoms. The summed E-state index contributed by atoms with van der Waals surface area (Å²) >= 11 is 6.06. The van der Waals surface area contributed by atoms with Crippen molar-refractivity contribution in [2.45, 2.75) is 31.5 Å². The maximum atomic E-state index is 11.1. The Bertz CT molecular complexity index is 540. The van der Waals surface area contributed by atoms with E-state index in [2.05, 4.69) is 11.9 Å². The van der Waals surface area contributed by atoms with E-state index in [-0.39, 0.29) is 12.5 Å². The molecule has 1 aliphatic carbocycles. The minimum Gasteiger partial charge on any atom is -0.360 e. The number of benzene rings is 1. The van der Waals surface area contributed by atoms with Gasteiger partial charge in [-0.25, -0.2) is 0 Å². The summed E-state index contributed by atoms with van der Waals surface area (Å²) < 4.78 is 5.86. The number of hydrogen-bond acceptors (Lipinski definition) is 4. The number of aldehydes is 1. The van der Waals surface area contributed by atoms with E-state index in [0.29, 0.717) is 17.9 Å². The van der Waals surface area contributed by atoms with Crippen molar-refractivity contribution in [3.05, 3.63) is 34.9 Å². The first-order valence-electron chi connectivity index (χ1n) is 7.54. The summed E-state index contributed by atoms with van der Waals surface area (Å²) in [6.45, 7) is 1.71. The van der Waals surface area contributed by atoms with Gasteiger partial charge in [0.25, 0.3) is 0 Å². The highest BCUT2D eigenvalue weighted by molar-refractivity contribution is 6.30. The van der Waals surface area contributed by atoms with Gasteiger partial charge in [0.2, 0.25) is 0 Å². The van der Waals surface area contributed by atoms with Gasteiger partial charge >= 0.3 is 0 Å². The molecular weight excluding hydrogens is 300 g/mol. The molecule has 1 aromatic rings. The number of nitriles is 1. The second-order valence-corrected chi connectivity index (χ2v) is 6.32. The molecule has 0 heterocycles. The molecule has 1 fully saturated rings. The summed E-state index contributed by atoms with van der Waals surface area (Å²) in [5.74, 6) is 0.783. The number of halogens is 1. The molecule has 118 valence electrons. The molecule has 0 amide bonds. The standard InChI is InChI=1S/C17H21ClN2O2/c1-20(10-13-5-6-13)11-17(22-16(12-21)7-8-19)14-3-2-4-15(18)9-14/h2-4,9,12-13,16-17H,5-7,10-11H2,1H3. The van der Waals surface area contributed by atoms with E-state index in [0.717, 1.165) is 18.0 Å². The zero-order valence-electron chi connectivity index (χ0n) is 12.7. The predicted octanol–water partition coefficient (Wildman–Crippen LogP) is 3.22. The van der Waals surface area contributed by atoms with Gasteiger partial charge in [0, 0.05) is 18.1 Å². The zero-order chi connectivity index (χ0) is 15.9. The minimum atomic E-state index is -0.705. The molecule has 4 nitrogen and oxygen atoms in total. The van der Waals surface area contributed by atoms with Crippen molar-refractivity contribution < 1.29 is 9.53 Å². The van der Waals surface area contributed by atoms with Crippen LogP contribution in [-0.2, 0) is 9.53 Å². The lowest BCUT2D eigenvalue weighted by Gasteiger charge is -2.26. The maximum absolute atomic E-state index is 11.1. The van der Waals surface area contributed by atoms with Crippen molar-refractivity contribution in [1.29, 1.82) is 5.26 Å². The average Bonchev–Trinajstić information content (AvgIpc) is 3.29. The van der Waals surface area contributed by atoms with Crippen LogP contribution in [0.2, 0.25) is 5.02 Å². The molecule has 0 N–H and O–H groups in total. The Balaban J connectivity index is 2.08. The number of carbonyl (C=O) groups is 1. The molecule has 0 saturated heterocycles. The molecule has 5 heteroatoms. The lowest BCUT2D eigenvalue weighted by Crippen LogP contribution is -2.30. The van der Waals surface area contributed by atoms with Crippen molar-refractivity contribution in [2.24, 2.45) is 5.92 Å². The number of rotatable bonds is 9. The van der Waals surface area contributed by atoms with Crippen molar-refractivity contribution in [2.75, 3.05) is 20.1 Å². The Morgan fingerprint density at radius 2 is 2.32 bits per heavy atom. The van der Waals surface area contributed by atoms with E-state index >= 15 is 0 Å². The van der Waals surface area contributed by atoms with Crippen LogP contribution in [-0.4, -0.2) is 37.4 Å². The SMILES string of the molecule is CN(CC1CC1)CC(OC(C=O)CC#N)c1cccc(Cl)c1. The number of likely N-dealkylation sites (N-methyl/N-ethyl adjacent to an activating group) is 1. The van der Waals surface area contributed by atoms with Crippen LogP contribution in [0.1, 0.15) is 30.9 Å². The van der Waals surface area contributed by atoms with Crippen molar-refractivity contribution >= 4 is 17.9 Å². The van der Waals surface area contributed by atoms with Gasteiger partial charge in [0.1, 0.15) is 12.4 Å². The largest absolute Gasteiger partial charge is 0.360 e. The van der Waals surface area contributed by atoms with Crippen molar-refractivity contribution in [3.63, 3.8) is 0 Å². The predicted molar refractivity (Wildman–Crippen MR) is 85.6 cm³/mol. The molecule has 2 unspecified atom stereocenters. The second-order valence-electron chi connectivity index (χ2n) is 5.88. The monoisotopic (exact) mass is 320 g/mol. The second kappa shape index (κ2) is 8.28. The molecule has 0 bridgehead atoms. The lowest BCUT2D eigenvalue weighted by molar-refractivity contribution is -0.122. The molecule has 0 aliphatic heterocycles. The molecular formula is C17H21ClN2O2. The number of carbonyl (C=O) groups excluding carboxylic acids is 1. The van der Waals surface area contributed by atoms with Crippen molar-refractivity contribution in [3.8, 4) is 6.07 Å². The molecule has 2 atom stereocenters. The molecule has 1 aliphatic rings. The molecule has 2 rings (SSSR count). The van der Waals surface area contributed by atoms with Crippen LogP contribution >= 0.6 is 11.6 Å². The van der Waals surface area contributed by atoms with Crippen LogP contribution < -0.4 is 0 Å². The van der Waals surface area contributed by atoms with Gasteiger partial charge in [0.15, 0.2) is 0 Å². The van der Waals surface area contributed by atoms with E-state index in [4.69, 9.17) is 21.6 Å². The molecule has 1 saturated carbocycles. The smallest absolute Gasteiger partial charge is 0.149 e. The van der Waals surface area contributed by atoms with E-state index < -0.39 is 6.10 Å². The van der Waals surface area contributed by atoms with E-state index in [1.807, 2.05) is 30.3 Å². The van der Waals surface area contributed by atoms with Gasteiger partial charge in [-0.2, -0.15) is 5.26 Å². The van der Waals surface area contributed by atoms with Crippen LogP contribution in [0.5, 0.6) is 0 Å². The summed E-state index contributed by atoms with van der Waals surface area (Å²) in [5.41, 5.74) is 0.930. The fraction of sp³-hybridized carbons (Fsp3) is 0.529.